The number of carboxylic acids is 1. The van der Waals surface area contributed by atoms with Crippen molar-refractivity contribution in [3.63, 3.8) is 0 Å². The molecule has 8 heteroatoms. The second-order valence-electron chi connectivity index (χ2n) is 8.73. The van der Waals surface area contributed by atoms with Crippen molar-refractivity contribution in [2.75, 3.05) is 11.9 Å². The van der Waals surface area contributed by atoms with Crippen LogP contribution in [0.25, 0.3) is 22.8 Å². The van der Waals surface area contributed by atoms with Gasteiger partial charge in [0.15, 0.2) is 0 Å². The molecule has 0 fully saturated rings. The van der Waals surface area contributed by atoms with Gasteiger partial charge in [0.25, 0.3) is 11.8 Å². The maximum Gasteiger partial charge on any atom is 0.305 e. The number of amides is 1. The van der Waals surface area contributed by atoms with Gasteiger partial charge in [-0.25, -0.2) is 0 Å². The lowest BCUT2D eigenvalue weighted by Crippen LogP contribution is -2.25. The van der Waals surface area contributed by atoms with Crippen LogP contribution in [0.2, 0.25) is 0 Å². The van der Waals surface area contributed by atoms with E-state index in [9.17, 15) is 9.59 Å². The minimum atomic E-state index is -0.944. The summed E-state index contributed by atoms with van der Waals surface area (Å²) in [6.07, 6.45) is 2.99. The summed E-state index contributed by atoms with van der Waals surface area (Å²) in [5, 5.41) is 19.0. The fraction of sp³-hybridized carbons (Fsp3) is 0.241. The van der Waals surface area contributed by atoms with Crippen LogP contribution in [0.15, 0.2) is 83.4 Å². The first kappa shape index (κ1) is 25.6. The topological polar surface area (TPSA) is 117 Å². The zero-order valence-electron chi connectivity index (χ0n) is 20.7. The number of unbranched alkanes of at least 4 members (excludes halogenated alkanes) is 1. The Morgan fingerprint density at radius 3 is 2.35 bits per heavy atom. The van der Waals surface area contributed by atoms with Gasteiger partial charge in [-0.15, -0.1) is 0 Å². The average Bonchev–Trinajstić information content (AvgIpc) is 3.42. The first-order valence-corrected chi connectivity index (χ1v) is 12.4. The monoisotopic (exact) mass is 498 g/mol. The fourth-order valence-corrected chi connectivity index (χ4v) is 3.94. The van der Waals surface area contributed by atoms with E-state index in [2.05, 4.69) is 39.8 Å². The number of aromatic nitrogens is 2. The van der Waals surface area contributed by atoms with Crippen LogP contribution in [0.5, 0.6) is 0 Å². The van der Waals surface area contributed by atoms with Crippen molar-refractivity contribution in [2.45, 2.75) is 38.6 Å². The molecule has 1 heterocycles. The Morgan fingerprint density at radius 1 is 0.946 bits per heavy atom. The van der Waals surface area contributed by atoms with Crippen LogP contribution in [0.1, 0.15) is 54.6 Å². The molecule has 3 N–H and O–H groups in total. The number of nitrogens with one attached hydrogen (secondary N) is 2. The van der Waals surface area contributed by atoms with E-state index in [4.69, 9.17) is 9.63 Å². The molecule has 1 aromatic heterocycles. The Labute approximate surface area is 215 Å². The molecular weight excluding hydrogens is 468 g/mol. The van der Waals surface area contributed by atoms with E-state index in [-0.39, 0.29) is 24.9 Å². The minimum Gasteiger partial charge on any atom is -0.481 e. The third kappa shape index (κ3) is 7.04. The molecule has 37 heavy (non-hydrogen) atoms. The molecule has 1 amide bonds. The standard InChI is InChI=1S/C29H30N4O4/c1-2-3-9-25(31-24-16-14-22(15-17-24)28(36)30-19-18-26(34)35)20-10-12-23(13-11-20)29-32-27(33-37-29)21-7-5-4-6-8-21/h4-8,10-17,25,31H,2-3,9,18-19H2,1H3,(H,30,36)(H,34,35)/t25-/m0/s1. The molecule has 8 nitrogen and oxygen atoms in total. The van der Waals surface area contributed by atoms with Gasteiger partial charge in [-0.1, -0.05) is 67.4 Å². The molecule has 0 spiro atoms. The average molecular weight is 499 g/mol. The Balaban J connectivity index is 1.43. The van der Waals surface area contributed by atoms with Gasteiger partial charge in [-0.05, 0) is 48.4 Å². The number of carbonyl (C=O) groups is 2. The van der Waals surface area contributed by atoms with Gasteiger partial charge >= 0.3 is 5.97 Å². The van der Waals surface area contributed by atoms with Crippen molar-refractivity contribution in [1.82, 2.24) is 15.5 Å². The van der Waals surface area contributed by atoms with Crippen LogP contribution >= 0.6 is 0 Å². The van der Waals surface area contributed by atoms with Gasteiger partial charge in [-0.3, -0.25) is 9.59 Å². The highest BCUT2D eigenvalue weighted by atomic mass is 16.5. The van der Waals surface area contributed by atoms with Crippen molar-refractivity contribution < 1.29 is 19.2 Å². The predicted octanol–water partition coefficient (Wildman–Crippen LogP) is 5.95. The lowest BCUT2D eigenvalue weighted by atomic mass is 9.99. The summed E-state index contributed by atoms with van der Waals surface area (Å²) in [7, 11) is 0. The molecule has 0 saturated carbocycles. The molecule has 190 valence electrons. The number of hydrogen-bond donors (Lipinski definition) is 3. The van der Waals surface area contributed by atoms with Crippen LogP contribution in [-0.4, -0.2) is 33.7 Å². The lowest BCUT2D eigenvalue weighted by molar-refractivity contribution is -0.136. The minimum absolute atomic E-state index is 0.0896. The maximum atomic E-state index is 12.2. The van der Waals surface area contributed by atoms with E-state index < -0.39 is 5.97 Å². The summed E-state index contributed by atoms with van der Waals surface area (Å²) < 4.78 is 5.49. The molecule has 4 rings (SSSR count). The highest BCUT2D eigenvalue weighted by Gasteiger charge is 2.15. The number of anilines is 1. The predicted molar refractivity (Wildman–Crippen MR) is 142 cm³/mol. The van der Waals surface area contributed by atoms with Gasteiger partial charge in [0.2, 0.25) is 5.82 Å². The molecule has 1 atom stereocenters. The number of nitrogens with zero attached hydrogens (tertiary/aromatic N) is 2. The smallest absolute Gasteiger partial charge is 0.305 e. The van der Waals surface area contributed by atoms with Gasteiger partial charge in [0.05, 0.1) is 12.5 Å². The van der Waals surface area contributed by atoms with Crippen LogP contribution in [-0.2, 0) is 4.79 Å². The quantitative estimate of drug-likeness (QED) is 0.221. The summed E-state index contributed by atoms with van der Waals surface area (Å²) in [5.41, 5.74) is 4.28. The molecule has 0 unspecified atom stereocenters. The van der Waals surface area contributed by atoms with Crippen LogP contribution < -0.4 is 10.6 Å². The highest BCUT2D eigenvalue weighted by molar-refractivity contribution is 5.94. The van der Waals surface area contributed by atoms with E-state index >= 15 is 0 Å². The molecule has 0 saturated heterocycles. The van der Waals surface area contributed by atoms with E-state index in [1.54, 1.807) is 12.1 Å². The zero-order chi connectivity index (χ0) is 26.0. The largest absolute Gasteiger partial charge is 0.481 e. The molecule has 4 aromatic rings. The summed E-state index contributed by atoms with van der Waals surface area (Å²) in [5.74, 6) is -0.204. The van der Waals surface area contributed by atoms with E-state index in [1.165, 1.54) is 0 Å². The molecular formula is C29H30N4O4. The van der Waals surface area contributed by atoms with Gasteiger partial charge in [0.1, 0.15) is 0 Å². The second-order valence-corrected chi connectivity index (χ2v) is 8.73. The number of aliphatic carboxylic acids is 1. The Hall–Kier alpha value is -4.46. The van der Waals surface area contributed by atoms with Gasteiger partial charge < -0.3 is 20.3 Å². The van der Waals surface area contributed by atoms with Crippen molar-refractivity contribution in [3.05, 3.63) is 90.0 Å². The highest BCUT2D eigenvalue weighted by Crippen LogP contribution is 2.28. The molecule has 0 aliphatic rings. The number of rotatable bonds is 12. The summed E-state index contributed by atoms with van der Waals surface area (Å²) in [6, 6.07) is 25.1. The Morgan fingerprint density at radius 2 is 1.68 bits per heavy atom. The van der Waals surface area contributed by atoms with Crippen molar-refractivity contribution in [2.24, 2.45) is 0 Å². The third-order valence-electron chi connectivity index (χ3n) is 5.98. The van der Waals surface area contributed by atoms with E-state index in [1.807, 2.05) is 54.6 Å². The molecule has 3 aromatic carbocycles. The van der Waals surface area contributed by atoms with Gasteiger partial charge in [-0.2, -0.15) is 4.98 Å². The van der Waals surface area contributed by atoms with Crippen LogP contribution in [0.4, 0.5) is 5.69 Å². The number of carbonyl (C=O) groups excluding carboxylic acids is 1. The lowest BCUT2D eigenvalue weighted by Gasteiger charge is -2.21. The number of benzene rings is 3. The third-order valence-corrected chi connectivity index (χ3v) is 5.98. The summed E-state index contributed by atoms with van der Waals surface area (Å²) >= 11 is 0. The molecule has 0 aliphatic carbocycles. The maximum absolute atomic E-state index is 12.2. The van der Waals surface area contributed by atoms with Crippen molar-refractivity contribution in [3.8, 4) is 22.8 Å². The first-order valence-electron chi connectivity index (χ1n) is 12.4. The van der Waals surface area contributed by atoms with Crippen LogP contribution in [0.3, 0.4) is 0 Å². The van der Waals surface area contributed by atoms with Crippen molar-refractivity contribution in [1.29, 1.82) is 0 Å². The van der Waals surface area contributed by atoms with E-state index in [0.717, 1.165) is 41.6 Å². The second kappa shape index (κ2) is 12.5. The number of hydrogen-bond acceptors (Lipinski definition) is 6. The van der Waals surface area contributed by atoms with Gasteiger partial charge in [0, 0.05) is 28.9 Å². The SMILES string of the molecule is CCCC[C@H](Nc1ccc(C(=O)NCCC(=O)O)cc1)c1ccc(-c2nc(-c3ccccc3)no2)cc1. The molecule has 0 bridgehead atoms. The van der Waals surface area contributed by atoms with Crippen LogP contribution in [0, 0.1) is 0 Å². The summed E-state index contributed by atoms with van der Waals surface area (Å²) in [4.78, 5) is 27.4. The normalized spacial score (nSPS) is 11.6. The first-order chi connectivity index (χ1) is 18.0. The molecule has 0 radical (unpaired) electrons. The Kier molecular flexibility index (Phi) is 8.65. The zero-order valence-corrected chi connectivity index (χ0v) is 20.7. The summed E-state index contributed by atoms with van der Waals surface area (Å²) in [6.45, 7) is 2.26. The molecule has 0 aliphatic heterocycles. The fourth-order valence-electron chi connectivity index (χ4n) is 3.94. The van der Waals surface area contributed by atoms with Crippen molar-refractivity contribution >= 4 is 17.6 Å². The number of carboxylic acid groups (broad SMARTS) is 1. The Bertz CT molecular complexity index is 1300. The van der Waals surface area contributed by atoms with E-state index in [0.29, 0.717) is 17.3 Å².